The van der Waals surface area contributed by atoms with Crippen LogP contribution < -0.4 is 10.1 Å². The Hall–Kier alpha value is -2.14. The number of benzene rings is 2. The fraction of sp³-hybridized carbons (Fsp3) is 0.188. The number of imidazole rings is 1. The van der Waals surface area contributed by atoms with Crippen LogP contribution in [0.15, 0.2) is 47.4 Å². The summed E-state index contributed by atoms with van der Waals surface area (Å²) < 4.78 is 5.44. The average molecular weight is 297 g/mol. The number of H-pyrrole nitrogens is 1. The summed E-state index contributed by atoms with van der Waals surface area (Å²) in [5.74, 6) is 1.78. The van der Waals surface area contributed by atoms with Crippen molar-refractivity contribution in [2.24, 2.45) is 0 Å². The minimum atomic E-state index is -0.323. The molecule has 0 bridgehead atoms. The van der Waals surface area contributed by atoms with Crippen molar-refractivity contribution >= 4 is 28.5 Å². The molecule has 5 heteroatoms. The SMILES string of the molecule is COc1cccc2c1NC(C)(c1nc3ccccc3[nH]1)S2. The Morgan fingerprint density at radius 2 is 2.00 bits per heavy atom. The number of rotatable bonds is 2. The van der Waals surface area contributed by atoms with Gasteiger partial charge in [0.2, 0.25) is 0 Å². The van der Waals surface area contributed by atoms with Gasteiger partial charge in [0.05, 0.1) is 23.8 Å². The van der Waals surface area contributed by atoms with Crippen molar-refractivity contribution in [2.75, 3.05) is 12.4 Å². The fourth-order valence-corrected chi connectivity index (χ4v) is 3.85. The standard InChI is InChI=1S/C16H15N3OS/c1-16(15-17-10-6-3-4-7-11(10)18-15)19-14-12(20-2)8-5-9-13(14)21-16/h3-9,19H,1-2H3,(H,17,18). The number of nitrogens with one attached hydrogen (secondary N) is 2. The second-order valence-electron chi connectivity index (χ2n) is 5.20. The van der Waals surface area contributed by atoms with Crippen molar-refractivity contribution < 1.29 is 4.74 Å². The van der Waals surface area contributed by atoms with E-state index in [-0.39, 0.29) is 4.87 Å². The lowest BCUT2D eigenvalue weighted by atomic mass is 10.2. The van der Waals surface area contributed by atoms with Gasteiger partial charge in [-0.05, 0) is 31.2 Å². The second kappa shape index (κ2) is 4.43. The van der Waals surface area contributed by atoms with E-state index in [4.69, 9.17) is 9.72 Å². The molecule has 106 valence electrons. The molecule has 1 aliphatic rings. The monoisotopic (exact) mass is 297 g/mol. The molecule has 0 aliphatic carbocycles. The summed E-state index contributed by atoms with van der Waals surface area (Å²) in [5, 5.41) is 3.55. The number of hydrogen-bond donors (Lipinski definition) is 2. The van der Waals surface area contributed by atoms with Gasteiger partial charge in [0.15, 0.2) is 0 Å². The van der Waals surface area contributed by atoms with Crippen molar-refractivity contribution in [2.45, 2.75) is 16.7 Å². The van der Waals surface area contributed by atoms with Gasteiger partial charge in [-0.3, -0.25) is 0 Å². The summed E-state index contributed by atoms with van der Waals surface area (Å²) in [6.07, 6.45) is 0. The highest BCUT2D eigenvalue weighted by atomic mass is 32.2. The average Bonchev–Trinajstić information content (AvgIpc) is 3.07. The first kappa shape index (κ1) is 12.6. The lowest BCUT2D eigenvalue weighted by Gasteiger charge is -2.21. The minimum absolute atomic E-state index is 0.323. The molecule has 2 N–H and O–H groups in total. The van der Waals surface area contributed by atoms with E-state index >= 15 is 0 Å². The molecular weight excluding hydrogens is 282 g/mol. The Morgan fingerprint density at radius 1 is 1.14 bits per heavy atom. The van der Waals surface area contributed by atoms with E-state index in [1.165, 1.54) is 4.90 Å². The number of hydrogen-bond acceptors (Lipinski definition) is 4. The third-order valence-corrected chi connectivity index (χ3v) is 4.99. The maximum absolute atomic E-state index is 5.44. The van der Waals surface area contributed by atoms with Crippen LogP contribution in [0.25, 0.3) is 11.0 Å². The Morgan fingerprint density at radius 3 is 2.81 bits per heavy atom. The van der Waals surface area contributed by atoms with Gasteiger partial charge in [-0.15, -0.1) is 0 Å². The van der Waals surface area contributed by atoms with Crippen LogP contribution in [0, 0.1) is 0 Å². The van der Waals surface area contributed by atoms with E-state index < -0.39 is 0 Å². The number of aromatic nitrogens is 2. The lowest BCUT2D eigenvalue weighted by molar-refractivity contribution is 0.415. The van der Waals surface area contributed by atoms with Crippen LogP contribution in [0.3, 0.4) is 0 Å². The van der Waals surface area contributed by atoms with Crippen LogP contribution >= 0.6 is 11.8 Å². The highest BCUT2D eigenvalue weighted by molar-refractivity contribution is 8.00. The van der Waals surface area contributed by atoms with Gasteiger partial charge in [0.1, 0.15) is 16.4 Å². The van der Waals surface area contributed by atoms with Gasteiger partial charge in [0, 0.05) is 4.90 Å². The normalized spacial score (nSPS) is 20.3. The molecular formula is C16H15N3OS. The number of nitrogens with zero attached hydrogens (tertiary/aromatic N) is 1. The van der Waals surface area contributed by atoms with E-state index in [1.54, 1.807) is 18.9 Å². The van der Waals surface area contributed by atoms with Crippen molar-refractivity contribution in [3.8, 4) is 5.75 Å². The zero-order valence-electron chi connectivity index (χ0n) is 11.8. The lowest BCUT2D eigenvalue weighted by Crippen LogP contribution is -2.25. The van der Waals surface area contributed by atoms with Gasteiger partial charge < -0.3 is 15.0 Å². The topological polar surface area (TPSA) is 49.9 Å². The number of methoxy groups -OCH3 is 1. The molecule has 1 atom stereocenters. The molecule has 0 amide bonds. The summed E-state index contributed by atoms with van der Waals surface area (Å²) in [6, 6.07) is 14.2. The molecule has 2 aromatic carbocycles. The summed E-state index contributed by atoms with van der Waals surface area (Å²) in [4.78, 5) is 9.00. The number of aromatic amines is 1. The molecule has 1 unspecified atom stereocenters. The molecule has 21 heavy (non-hydrogen) atoms. The van der Waals surface area contributed by atoms with Crippen LogP contribution in [-0.4, -0.2) is 17.1 Å². The Balaban J connectivity index is 1.79. The number of fused-ring (bicyclic) bond motifs is 2. The van der Waals surface area contributed by atoms with E-state index in [9.17, 15) is 0 Å². The summed E-state index contributed by atoms with van der Waals surface area (Å²) in [6.45, 7) is 2.13. The predicted octanol–water partition coefficient (Wildman–Crippen LogP) is 3.96. The van der Waals surface area contributed by atoms with Gasteiger partial charge >= 0.3 is 0 Å². The van der Waals surface area contributed by atoms with Crippen molar-refractivity contribution in [1.82, 2.24) is 9.97 Å². The third kappa shape index (κ3) is 1.88. The molecule has 1 aromatic heterocycles. The molecule has 3 aromatic rings. The largest absolute Gasteiger partial charge is 0.495 e. The quantitative estimate of drug-likeness (QED) is 0.751. The first-order valence-corrected chi connectivity index (χ1v) is 7.61. The Bertz CT molecular complexity index is 796. The van der Waals surface area contributed by atoms with Gasteiger partial charge in [-0.25, -0.2) is 4.98 Å². The van der Waals surface area contributed by atoms with Gasteiger partial charge in [0.25, 0.3) is 0 Å². The second-order valence-corrected chi connectivity index (χ2v) is 6.66. The molecule has 2 heterocycles. The highest BCUT2D eigenvalue weighted by Crippen LogP contribution is 2.53. The molecule has 0 saturated carbocycles. The van der Waals surface area contributed by atoms with Crippen LogP contribution in [0.2, 0.25) is 0 Å². The highest BCUT2D eigenvalue weighted by Gasteiger charge is 2.39. The number of ether oxygens (including phenoxy) is 1. The zero-order valence-corrected chi connectivity index (χ0v) is 12.6. The minimum Gasteiger partial charge on any atom is -0.495 e. The van der Waals surface area contributed by atoms with Crippen molar-refractivity contribution in [3.05, 3.63) is 48.3 Å². The van der Waals surface area contributed by atoms with Crippen LogP contribution in [-0.2, 0) is 4.87 Å². The number of thioether (sulfide) groups is 1. The molecule has 1 aliphatic heterocycles. The summed E-state index contributed by atoms with van der Waals surface area (Å²) in [5.41, 5.74) is 3.08. The first-order chi connectivity index (χ1) is 10.2. The van der Waals surface area contributed by atoms with E-state index in [0.29, 0.717) is 0 Å². The smallest absolute Gasteiger partial charge is 0.144 e. The Kier molecular flexibility index (Phi) is 2.65. The molecule has 4 nitrogen and oxygen atoms in total. The zero-order chi connectivity index (χ0) is 14.4. The van der Waals surface area contributed by atoms with Gasteiger partial charge in [-0.2, -0.15) is 0 Å². The fourth-order valence-electron chi connectivity index (χ4n) is 2.66. The molecule has 4 rings (SSSR count). The molecule has 0 radical (unpaired) electrons. The number of anilines is 1. The van der Waals surface area contributed by atoms with Crippen LogP contribution in [0.1, 0.15) is 12.7 Å². The van der Waals surface area contributed by atoms with Crippen molar-refractivity contribution in [1.29, 1.82) is 0 Å². The van der Waals surface area contributed by atoms with E-state index in [0.717, 1.165) is 28.3 Å². The molecule has 0 fully saturated rings. The van der Waals surface area contributed by atoms with Gasteiger partial charge in [-0.1, -0.05) is 30.0 Å². The predicted molar refractivity (Wildman–Crippen MR) is 85.9 cm³/mol. The third-order valence-electron chi connectivity index (χ3n) is 3.73. The maximum atomic E-state index is 5.44. The molecule has 0 saturated heterocycles. The maximum Gasteiger partial charge on any atom is 0.144 e. The van der Waals surface area contributed by atoms with E-state index in [2.05, 4.69) is 23.3 Å². The summed E-state index contributed by atoms with van der Waals surface area (Å²) >= 11 is 1.75. The van der Waals surface area contributed by atoms with E-state index in [1.807, 2.05) is 36.4 Å². The first-order valence-electron chi connectivity index (χ1n) is 6.79. The van der Waals surface area contributed by atoms with Crippen LogP contribution in [0.5, 0.6) is 5.75 Å². The molecule has 0 spiro atoms. The summed E-state index contributed by atoms with van der Waals surface area (Å²) in [7, 11) is 1.69. The van der Waals surface area contributed by atoms with Crippen molar-refractivity contribution in [3.63, 3.8) is 0 Å². The number of para-hydroxylation sites is 3. The van der Waals surface area contributed by atoms with Crippen LogP contribution in [0.4, 0.5) is 5.69 Å². The Labute approximate surface area is 126 Å².